The number of carbonyl (C=O) groups is 1. The minimum Gasteiger partial charge on any atom is -0.326 e. The molecule has 2 rings (SSSR count). The number of hydrogen-bond acceptors (Lipinski definition) is 4. The van der Waals surface area contributed by atoms with Gasteiger partial charge in [0.1, 0.15) is 0 Å². The molecule has 7 heteroatoms. The third-order valence-corrected chi connectivity index (χ3v) is 5.25. The lowest BCUT2D eigenvalue weighted by Gasteiger charge is -2.12. The van der Waals surface area contributed by atoms with E-state index < -0.39 is 9.84 Å². The molecule has 2 aromatic rings. The van der Waals surface area contributed by atoms with Crippen LogP contribution in [0.1, 0.15) is 18.4 Å². The van der Waals surface area contributed by atoms with E-state index in [2.05, 4.69) is 10.6 Å². The molecule has 0 spiro atoms. The minimum absolute atomic E-state index is 0. The van der Waals surface area contributed by atoms with Gasteiger partial charge in [0.05, 0.1) is 10.6 Å². The first-order valence-corrected chi connectivity index (χ1v) is 9.48. The molecule has 136 valence electrons. The van der Waals surface area contributed by atoms with Crippen molar-refractivity contribution in [2.75, 3.05) is 18.9 Å². The number of para-hydroxylation sites is 1. The van der Waals surface area contributed by atoms with Gasteiger partial charge in [-0.1, -0.05) is 36.4 Å². The molecule has 0 atom stereocenters. The molecule has 0 radical (unpaired) electrons. The maximum atomic E-state index is 12.5. The normalized spacial score (nSPS) is 10.8. The Morgan fingerprint density at radius 3 is 2.32 bits per heavy atom. The molecular formula is C18H23ClN2O3S. The summed E-state index contributed by atoms with van der Waals surface area (Å²) in [6.45, 7) is 0.761. The van der Waals surface area contributed by atoms with E-state index in [1.54, 1.807) is 54.6 Å². The molecule has 0 bridgehead atoms. The highest BCUT2D eigenvalue weighted by atomic mass is 35.5. The maximum Gasteiger partial charge on any atom is 0.224 e. The van der Waals surface area contributed by atoms with Gasteiger partial charge >= 0.3 is 0 Å². The first-order valence-electron chi connectivity index (χ1n) is 7.83. The SMILES string of the molecule is CNCCCC(=O)Nc1ccccc1CS(=O)(=O)c1ccccc1.Cl. The summed E-state index contributed by atoms with van der Waals surface area (Å²) in [6, 6.07) is 15.3. The van der Waals surface area contributed by atoms with Crippen LogP contribution in [0.25, 0.3) is 0 Å². The Labute approximate surface area is 155 Å². The second-order valence-corrected chi connectivity index (χ2v) is 7.47. The van der Waals surface area contributed by atoms with Gasteiger partial charge in [0.25, 0.3) is 0 Å². The van der Waals surface area contributed by atoms with E-state index in [0.29, 0.717) is 17.7 Å². The number of rotatable bonds is 8. The molecule has 1 amide bonds. The first-order chi connectivity index (χ1) is 11.5. The summed E-state index contributed by atoms with van der Waals surface area (Å²) in [5.74, 6) is -0.265. The van der Waals surface area contributed by atoms with Gasteiger partial charge in [0.15, 0.2) is 9.84 Å². The quantitative estimate of drug-likeness (QED) is 0.688. The minimum atomic E-state index is -3.45. The highest BCUT2D eigenvalue weighted by Crippen LogP contribution is 2.22. The summed E-state index contributed by atoms with van der Waals surface area (Å²) in [6.07, 6.45) is 1.12. The van der Waals surface area contributed by atoms with Crippen LogP contribution in [0.4, 0.5) is 5.69 Å². The molecule has 0 saturated heterocycles. The molecule has 0 aliphatic carbocycles. The number of nitrogens with one attached hydrogen (secondary N) is 2. The van der Waals surface area contributed by atoms with Crippen molar-refractivity contribution in [1.29, 1.82) is 0 Å². The van der Waals surface area contributed by atoms with Crippen molar-refractivity contribution >= 4 is 33.8 Å². The van der Waals surface area contributed by atoms with Crippen molar-refractivity contribution in [3.63, 3.8) is 0 Å². The number of anilines is 1. The molecule has 0 aliphatic heterocycles. The van der Waals surface area contributed by atoms with Crippen LogP contribution in [0.3, 0.4) is 0 Å². The van der Waals surface area contributed by atoms with E-state index in [1.807, 2.05) is 7.05 Å². The van der Waals surface area contributed by atoms with Gasteiger partial charge in [-0.2, -0.15) is 0 Å². The molecular weight excluding hydrogens is 360 g/mol. The van der Waals surface area contributed by atoms with E-state index in [9.17, 15) is 13.2 Å². The summed E-state index contributed by atoms with van der Waals surface area (Å²) in [5, 5.41) is 5.80. The van der Waals surface area contributed by atoms with E-state index in [-0.39, 0.29) is 29.0 Å². The zero-order valence-corrected chi connectivity index (χ0v) is 15.7. The zero-order chi connectivity index (χ0) is 17.4. The lowest BCUT2D eigenvalue weighted by atomic mass is 10.2. The van der Waals surface area contributed by atoms with Crippen LogP contribution >= 0.6 is 12.4 Å². The molecule has 0 fully saturated rings. The summed E-state index contributed by atoms with van der Waals surface area (Å²) in [7, 11) is -1.62. The Morgan fingerprint density at radius 2 is 1.64 bits per heavy atom. The second kappa shape index (κ2) is 10.2. The number of amides is 1. The molecule has 2 aromatic carbocycles. The third-order valence-electron chi connectivity index (χ3n) is 3.57. The van der Waals surface area contributed by atoms with Crippen molar-refractivity contribution in [2.45, 2.75) is 23.5 Å². The smallest absolute Gasteiger partial charge is 0.224 e. The Morgan fingerprint density at radius 1 is 1.00 bits per heavy atom. The summed E-state index contributed by atoms with van der Waals surface area (Å²) >= 11 is 0. The van der Waals surface area contributed by atoms with E-state index >= 15 is 0 Å². The van der Waals surface area contributed by atoms with Gasteiger partial charge < -0.3 is 10.6 Å². The second-order valence-electron chi connectivity index (χ2n) is 5.48. The average molecular weight is 383 g/mol. The number of halogens is 1. The third kappa shape index (κ3) is 6.49. The first kappa shape index (κ1) is 21.2. The monoisotopic (exact) mass is 382 g/mol. The molecule has 25 heavy (non-hydrogen) atoms. The predicted molar refractivity (Wildman–Crippen MR) is 103 cm³/mol. The lowest BCUT2D eigenvalue weighted by Crippen LogP contribution is -2.16. The standard InChI is InChI=1S/C18H22N2O3S.ClH/c1-19-13-7-12-18(21)20-17-11-6-5-8-15(17)14-24(22,23)16-9-3-2-4-10-16;/h2-6,8-11,19H,7,12-14H2,1H3,(H,20,21);1H. The fraction of sp³-hybridized carbons (Fsp3) is 0.278. The van der Waals surface area contributed by atoms with E-state index in [1.165, 1.54) is 0 Å². The fourth-order valence-corrected chi connectivity index (χ4v) is 3.72. The van der Waals surface area contributed by atoms with E-state index in [4.69, 9.17) is 0 Å². The maximum absolute atomic E-state index is 12.5. The number of benzene rings is 2. The summed E-state index contributed by atoms with van der Waals surface area (Å²) < 4.78 is 25.1. The van der Waals surface area contributed by atoms with Crippen molar-refractivity contribution in [2.24, 2.45) is 0 Å². The molecule has 0 aromatic heterocycles. The molecule has 0 aliphatic rings. The van der Waals surface area contributed by atoms with Gasteiger partial charge in [0, 0.05) is 12.1 Å². The highest BCUT2D eigenvalue weighted by molar-refractivity contribution is 7.90. The fourth-order valence-electron chi connectivity index (χ4n) is 2.32. The molecule has 0 saturated carbocycles. The average Bonchev–Trinajstić information content (AvgIpc) is 2.57. The van der Waals surface area contributed by atoms with E-state index in [0.717, 1.165) is 13.0 Å². The Hall–Kier alpha value is -1.89. The summed E-state index contributed by atoms with van der Waals surface area (Å²) in [4.78, 5) is 12.3. The molecule has 0 unspecified atom stereocenters. The van der Waals surface area contributed by atoms with Gasteiger partial charge in [-0.25, -0.2) is 8.42 Å². The van der Waals surface area contributed by atoms with Crippen LogP contribution in [-0.2, 0) is 20.4 Å². The van der Waals surface area contributed by atoms with Crippen LogP contribution in [0.15, 0.2) is 59.5 Å². The van der Waals surface area contributed by atoms with Gasteiger partial charge in [-0.3, -0.25) is 4.79 Å². The topological polar surface area (TPSA) is 75.3 Å². The van der Waals surface area contributed by atoms with Crippen molar-refractivity contribution in [1.82, 2.24) is 5.32 Å². The predicted octanol–water partition coefficient (Wildman–Crippen LogP) is 3.02. The Kier molecular flexibility index (Phi) is 8.61. The van der Waals surface area contributed by atoms with Crippen LogP contribution in [0, 0.1) is 0 Å². The highest BCUT2D eigenvalue weighted by Gasteiger charge is 2.17. The molecule has 5 nitrogen and oxygen atoms in total. The molecule has 0 heterocycles. The lowest BCUT2D eigenvalue weighted by molar-refractivity contribution is -0.116. The number of hydrogen-bond donors (Lipinski definition) is 2. The zero-order valence-electron chi connectivity index (χ0n) is 14.1. The molecule has 2 N–H and O–H groups in total. The van der Waals surface area contributed by atoms with Crippen molar-refractivity contribution < 1.29 is 13.2 Å². The van der Waals surface area contributed by atoms with Crippen LogP contribution in [-0.4, -0.2) is 27.9 Å². The Balaban J connectivity index is 0.00000312. The van der Waals surface area contributed by atoms with Crippen LogP contribution in [0.2, 0.25) is 0 Å². The Bertz CT molecular complexity index is 780. The number of carbonyl (C=O) groups excluding carboxylic acids is 1. The van der Waals surface area contributed by atoms with Crippen molar-refractivity contribution in [3.8, 4) is 0 Å². The van der Waals surface area contributed by atoms with Gasteiger partial charge in [-0.05, 0) is 43.8 Å². The largest absolute Gasteiger partial charge is 0.326 e. The summed E-state index contributed by atoms with van der Waals surface area (Å²) in [5.41, 5.74) is 1.13. The van der Waals surface area contributed by atoms with Crippen LogP contribution in [0.5, 0.6) is 0 Å². The van der Waals surface area contributed by atoms with Gasteiger partial charge in [0.2, 0.25) is 5.91 Å². The number of sulfone groups is 1. The van der Waals surface area contributed by atoms with Crippen LogP contribution < -0.4 is 10.6 Å². The van der Waals surface area contributed by atoms with Gasteiger partial charge in [-0.15, -0.1) is 12.4 Å². The van der Waals surface area contributed by atoms with Crippen molar-refractivity contribution in [3.05, 3.63) is 60.2 Å².